The van der Waals surface area contributed by atoms with E-state index in [1.807, 2.05) is 0 Å². The molecule has 0 aliphatic carbocycles. The zero-order valence-corrected chi connectivity index (χ0v) is 13.5. The van der Waals surface area contributed by atoms with Crippen molar-refractivity contribution in [2.24, 2.45) is 0 Å². The molecule has 9 heteroatoms. The van der Waals surface area contributed by atoms with Crippen LogP contribution in [0, 0.1) is 6.92 Å². The second-order valence-electron chi connectivity index (χ2n) is 5.14. The molecular formula is C16H14N4O5. The van der Waals surface area contributed by atoms with Gasteiger partial charge in [-0.05, 0) is 31.2 Å². The largest absolute Gasteiger partial charge is 0.427 e. The molecule has 0 aliphatic rings. The third-order valence-corrected chi connectivity index (χ3v) is 3.10. The molecule has 0 bridgehead atoms. The van der Waals surface area contributed by atoms with Gasteiger partial charge in [-0.2, -0.15) is 4.98 Å². The van der Waals surface area contributed by atoms with Gasteiger partial charge >= 0.3 is 5.97 Å². The van der Waals surface area contributed by atoms with E-state index in [-0.39, 0.29) is 24.2 Å². The number of rotatable bonds is 5. The average molecular weight is 342 g/mol. The smallest absolute Gasteiger partial charge is 0.308 e. The van der Waals surface area contributed by atoms with Crippen LogP contribution >= 0.6 is 0 Å². The number of nitrogens with one attached hydrogen (secondary N) is 1. The lowest BCUT2D eigenvalue weighted by molar-refractivity contribution is -0.131. The summed E-state index contributed by atoms with van der Waals surface area (Å²) in [5.74, 6) is 0.769. The van der Waals surface area contributed by atoms with Gasteiger partial charge in [-0.1, -0.05) is 10.3 Å². The fourth-order valence-corrected chi connectivity index (χ4v) is 2.00. The van der Waals surface area contributed by atoms with Crippen LogP contribution in [0.2, 0.25) is 0 Å². The van der Waals surface area contributed by atoms with Crippen molar-refractivity contribution in [3.05, 3.63) is 47.5 Å². The summed E-state index contributed by atoms with van der Waals surface area (Å²) in [7, 11) is 0. The third-order valence-electron chi connectivity index (χ3n) is 3.10. The maximum atomic E-state index is 12.1. The van der Waals surface area contributed by atoms with E-state index in [1.165, 1.54) is 19.1 Å². The van der Waals surface area contributed by atoms with Gasteiger partial charge < -0.3 is 19.1 Å². The van der Waals surface area contributed by atoms with E-state index in [2.05, 4.69) is 20.6 Å². The summed E-state index contributed by atoms with van der Waals surface area (Å²) in [6, 6.07) is 7.84. The van der Waals surface area contributed by atoms with Crippen LogP contribution in [-0.4, -0.2) is 27.2 Å². The molecule has 1 amide bonds. The molecular weight excluding hydrogens is 328 g/mol. The maximum Gasteiger partial charge on any atom is 0.308 e. The van der Waals surface area contributed by atoms with Gasteiger partial charge in [0.2, 0.25) is 11.7 Å². The van der Waals surface area contributed by atoms with Gasteiger partial charge in [-0.25, -0.2) is 0 Å². The predicted molar refractivity (Wildman–Crippen MR) is 83.5 cm³/mol. The molecule has 0 fully saturated rings. The molecule has 25 heavy (non-hydrogen) atoms. The van der Waals surface area contributed by atoms with E-state index < -0.39 is 5.97 Å². The van der Waals surface area contributed by atoms with Gasteiger partial charge in [0.05, 0.1) is 6.54 Å². The standard InChI is InChI=1S/C16H14N4O5/c1-9-7-13(19-24-9)15-18-14(25-20-15)8-17-16(22)11-3-5-12(6-4-11)23-10(2)21/h3-7H,8H2,1-2H3,(H,17,22). The summed E-state index contributed by atoms with van der Waals surface area (Å²) in [5.41, 5.74) is 0.864. The van der Waals surface area contributed by atoms with Crippen LogP contribution in [0.4, 0.5) is 0 Å². The number of esters is 1. The zero-order valence-electron chi connectivity index (χ0n) is 13.5. The first-order valence-electron chi connectivity index (χ1n) is 7.34. The highest BCUT2D eigenvalue weighted by Crippen LogP contribution is 2.15. The number of hydrogen-bond donors (Lipinski definition) is 1. The van der Waals surface area contributed by atoms with Crippen molar-refractivity contribution in [2.45, 2.75) is 20.4 Å². The lowest BCUT2D eigenvalue weighted by Crippen LogP contribution is -2.22. The molecule has 0 radical (unpaired) electrons. The molecule has 0 atom stereocenters. The van der Waals surface area contributed by atoms with Crippen LogP contribution < -0.4 is 10.1 Å². The molecule has 0 spiro atoms. The highest BCUT2D eigenvalue weighted by molar-refractivity contribution is 5.94. The van der Waals surface area contributed by atoms with Crippen molar-refractivity contribution in [1.29, 1.82) is 0 Å². The first-order chi connectivity index (χ1) is 12.0. The Hall–Kier alpha value is -3.49. The Kier molecular flexibility index (Phi) is 4.55. The Balaban J connectivity index is 1.59. The molecule has 1 N–H and O–H groups in total. The molecule has 9 nitrogen and oxygen atoms in total. The van der Waals surface area contributed by atoms with Gasteiger partial charge in [0.25, 0.3) is 5.91 Å². The van der Waals surface area contributed by atoms with Gasteiger partial charge in [0.1, 0.15) is 11.5 Å². The quantitative estimate of drug-likeness (QED) is 0.551. The predicted octanol–water partition coefficient (Wildman–Crippen LogP) is 1.89. The summed E-state index contributed by atoms with van der Waals surface area (Å²) in [6.45, 7) is 3.12. The Morgan fingerprint density at radius 3 is 2.56 bits per heavy atom. The normalized spacial score (nSPS) is 10.5. The highest BCUT2D eigenvalue weighted by atomic mass is 16.5. The topological polar surface area (TPSA) is 120 Å². The summed E-state index contributed by atoms with van der Waals surface area (Å²) in [5, 5.41) is 10.2. The first-order valence-corrected chi connectivity index (χ1v) is 7.34. The van der Waals surface area contributed by atoms with Gasteiger partial charge in [0, 0.05) is 18.6 Å². The number of hydrogen-bond acceptors (Lipinski definition) is 8. The first kappa shape index (κ1) is 16.4. The van der Waals surface area contributed by atoms with Crippen LogP contribution in [-0.2, 0) is 11.3 Å². The van der Waals surface area contributed by atoms with E-state index in [4.69, 9.17) is 13.8 Å². The van der Waals surface area contributed by atoms with Crippen LogP contribution in [0.5, 0.6) is 5.75 Å². The fraction of sp³-hybridized carbons (Fsp3) is 0.188. The second-order valence-corrected chi connectivity index (χ2v) is 5.14. The Morgan fingerprint density at radius 2 is 1.92 bits per heavy atom. The molecule has 0 unspecified atom stereocenters. The maximum absolute atomic E-state index is 12.1. The monoisotopic (exact) mass is 342 g/mol. The number of aromatic nitrogens is 3. The summed E-state index contributed by atoms with van der Waals surface area (Å²) < 4.78 is 14.9. The van der Waals surface area contributed by atoms with Gasteiger partial charge in [-0.15, -0.1) is 0 Å². The van der Waals surface area contributed by atoms with Crippen molar-refractivity contribution < 1.29 is 23.4 Å². The number of carbonyl (C=O) groups excluding carboxylic acids is 2. The fourth-order valence-electron chi connectivity index (χ4n) is 2.00. The van der Waals surface area contributed by atoms with Crippen LogP contribution in [0.3, 0.4) is 0 Å². The number of nitrogens with zero attached hydrogens (tertiary/aromatic N) is 3. The Labute approximate surface area is 142 Å². The van der Waals surface area contributed by atoms with Gasteiger partial charge in [0.15, 0.2) is 5.69 Å². The summed E-state index contributed by atoms with van der Waals surface area (Å²) in [4.78, 5) is 27.1. The van der Waals surface area contributed by atoms with Crippen LogP contribution in [0.25, 0.3) is 11.5 Å². The van der Waals surface area contributed by atoms with Crippen molar-refractivity contribution in [3.63, 3.8) is 0 Å². The average Bonchev–Trinajstić information content (AvgIpc) is 3.21. The second kappa shape index (κ2) is 6.95. The minimum atomic E-state index is -0.424. The van der Waals surface area contributed by atoms with E-state index in [1.54, 1.807) is 25.1 Å². The number of ether oxygens (including phenoxy) is 1. The Bertz CT molecular complexity index is 897. The lowest BCUT2D eigenvalue weighted by Gasteiger charge is -2.04. The van der Waals surface area contributed by atoms with Gasteiger partial charge in [-0.3, -0.25) is 9.59 Å². The minimum absolute atomic E-state index is 0.0639. The molecule has 3 rings (SSSR count). The van der Waals surface area contributed by atoms with Crippen LogP contribution in [0.1, 0.15) is 28.9 Å². The molecule has 0 saturated heterocycles. The highest BCUT2D eigenvalue weighted by Gasteiger charge is 2.13. The molecule has 0 saturated carbocycles. The number of carbonyl (C=O) groups is 2. The number of benzene rings is 1. The van der Waals surface area contributed by atoms with Crippen molar-refractivity contribution in [3.8, 4) is 17.3 Å². The summed E-state index contributed by atoms with van der Waals surface area (Å²) >= 11 is 0. The van der Waals surface area contributed by atoms with E-state index in [9.17, 15) is 9.59 Å². The molecule has 0 aliphatic heterocycles. The van der Waals surface area contributed by atoms with Crippen molar-refractivity contribution in [2.75, 3.05) is 0 Å². The number of aryl methyl sites for hydroxylation is 1. The van der Waals surface area contributed by atoms with E-state index in [0.717, 1.165) is 0 Å². The lowest BCUT2D eigenvalue weighted by atomic mass is 10.2. The van der Waals surface area contributed by atoms with E-state index >= 15 is 0 Å². The molecule has 2 aromatic heterocycles. The molecule has 3 aromatic rings. The SMILES string of the molecule is CC(=O)Oc1ccc(C(=O)NCc2nc(-c3cc(C)on3)no2)cc1. The summed E-state index contributed by atoms with van der Waals surface area (Å²) in [6.07, 6.45) is 0. The van der Waals surface area contributed by atoms with Crippen molar-refractivity contribution in [1.82, 2.24) is 20.6 Å². The third kappa shape index (κ3) is 4.08. The zero-order chi connectivity index (χ0) is 17.8. The Morgan fingerprint density at radius 1 is 1.16 bits per heavy atom. The molecule has 128 valence electrons. The van der Waals surface area contributed by atoms with Crippen molar-refractivity contribution >= 4 is 11.9 Å². The molecule has 1 aromatic carbocycles. The van der Waals surface area contributed by atoms with Crippen LogP contribution in [0.15, 0.2) is 39.4 Å². The minimum Gasteiger partial charge on any atom is -0.427 e. The molecule has 2 heterocycles. The number of amides is 1. The van der Waals surface area contributed by atoms with E-state index in [0.29, 0.717) is 22.8 Å².